The molecule has 0 saturated heterocycles. The first-order chi connectivity index (χ1) is 15.4. The molecule has 2 aromatic heterocycles. The molecule has 32 heavy (non-hydrogen) atoms. The second kappa shape index (κ2) is 9.28. The van der Waals surface area contributed by atoms with Gasteiger partial charge in [-0.25, -0.2) is 0 Å². The van der Waals surface area contributed by atoms with Gasteiger partial charge in [0.05, 0.1) is 24.0 Å². The largest absolute Gasteiger partial charge is 0.488 e. The average Bonchev–Trinajstić information content (AvgIpc) is 3.37. The first-order valence-electron chi connectivity index (χ1n) is 10.1. The Morgan fingerprint density at radius 2 is 1.97 bits per heavy atom. The lowest BCUT2D eigenvalue weighted by Gasteiger charge is -2.11. The van der Waals surface area contributed by atoms with Gasteiger partial charge in [0.1, 0.15) is 18.1 Å². The van der Waals surface area contributed by atoms with E-state index >= 15 is 0 Å². The molecule has 0 saturated carbocycles. The van der Waals surface area contributed by atoms with Gasteiger partial charge in [-0.15, -0.1) is 0 Å². The van der Waals surface area contributed by atoms with Crippen molar-refractivity contribution in [2.45, 2.75) is 33.9 Å². The van der Waals surface area contributed by atoms with Gasteiger partial charge in [0.25, 0.3) is 5.91 Å². The lowest BCUT2D eigenvalue weighted by atomic mass is 10.1. The van der Waals surface area contributed by atoms with Crippen LogP contribution in [0.1, 0.15) is 38.5 Å². The number of aromatic nitrogens is 3. The highest BCUT2D eigenvalue weighted by atomic mass is 35.5. The van der Waals surface area contributed by atoms with Crippen LogP contribution in [0.4, 0.5) is 5.69 Å². The van der Waals surface area contributed by atoms with Gasteiger partial charge in [0.15, 0.2) is 5.69 Å². The molecule has 0 aliphatic heterocycles. The monoisotopic (exact) mass is 450 g/mol. The molecule has 0 spiro atoms. The van der Waals surface area contributed by atoms with Crippen LogP contribution in [0.5, 0.6) is 5.75 Å². The molecule has 7 nitrogen and oxygen atoms in total. The number of nitrogens with zero attached hydrogens (tertiary/aromatic N) is 3. The van der Waals surface area contributed by atoms with Crippen molar-refractivity contribution in [2.75, 3.05) is 5.32 Å². The summed E-state index contributed by atoms with van der Waals surface area (Å²) in [5, 5.41) is 11.7. The highest BCUT2D eigenvalue weighted by Crippen LogP contribution is 2.24. The van der Waals surface area contributed by atoms with Crippen LogP contribution in [-0.4, -0.2) is 20.8 Å². The van der Waals surface area contributed by atoms with Gasteiger partial charge in [-0.05, 0) is 49.6 Å². The number of carbonyl (C=O) groups is 1. The number of nitrogens with one attached hydrogen (secondary N) is 1. The highest BCUT2D eigenvalue weighted by molar-refractivity contribution is 6.31. The predicted octanol–water partition coefficient (Wildman–Crippen LogP) is 5.33. The minimum Gasteiger partial charge on any atom is -0.488 e. The van der Waals surface area contributed by atoms with Crippen molar-refractivity contribution in [2.24, 2.45) is 0 Å². The van der Waals surface area contributed by atoms with Crippen LogP contribution in [-0.2, 0) is 13.2 Å². The Morgan fingerprint density at radius 3 is 2.78 bits per heavy atom. The molecule has 2 heterocycles. The van der Waals surface area contributed by atoms with Crippen molar-refractivity contribution in [3.8, 4) is 5.75 Å². The summed E-state index contributed by atoms with van der Waals surface area (Å²) in [7, 11) is 0. The average molecular weight is 451 g/mol. The summed E-state index contributed by atoms with van der Waals surface area (Å²) < 4.78 is 12.9. The van der Waals surface area contributed by atoms with Crippen LogP contribution in [0.3, 0.4) is 0 Å². The molecule has 1 N–H and O–H groups in total. The van der Waals surface area contributed by atoms with Crippen molar-refractivity contribution < 1.29 is 14.1 Å². The smallest absolute Gasteiger partial charge is 0.278 e. The molecule has 0 aliphatic carbocycles. The molecule has 0 atom stereocenters. The Labute approximate surface area is 190 Å². The number of benzene rings is 2. The third kappa shape index (κ3) is 4.68. The molecule has 0 bridgehead atoms. The molecule has 4 rings (SSSR count). The second-order valence-electron chi connectivity index (χ2n) is 7.52. The number of rotatable bonds is 7. The van der Waals surface area contributed by atoms with E-state index in [2.05, 4.69) is 15.6 Å². The lowest BCUT2D eigenvalue weighted by Crippen LogP contribution is -2.15. The van der Waals surface area contributed by atoms with E-state index in [1.807, 2.05) is 56.3 Å². The van der Waals surface area contributed by atoms with E-state index in [0.717, 1.165) is 22.4 Å². The van der Waals surface area contributed by atoms with Crippen molar-refractivity contribution in [1.82, 2.24) is 14.9 Å². The van der Waals surface area contributed by atoms with E-state index in [-0.39, 0.29) is 12.3 Å². The zero-order valence-corrected chi connectivity index (χ0v) is 18.8. The van der Waals surface area contributed by atoms with E-state index in [9.17, 15) is 4.79 Å². The first kappa shape index (κ1) is 21.6. The number of amides is 1. The molecule has 164 valence electrons. The zero-order valence-electron chi connectivity index (χ0n) is 18.1. The summed E-state index contributed by atoms with van der Waals surface area (Å²) in [5.74, 6) is 0.909. The summed E-state index contributed by atoms with van der Waals surface area (Å²) in [6, 6.07) is 13.4. The molecule has 4 aromatic rings. The van der Waals surface area contributed by atoms with Gasteiger partial charge >= 0.3 is 0 Å². The van der Waals surface area contributed by atoms with E-state index in [1.54, 1.807) is 24.0 Å². The summed E-state index contributed by atoms with van der Waals surface area (Å²) in [5.41, 5.74) is 4.46. The number of aryl methyl sites for hydroxylation is 2. The van der Waals surface area contributed by atoms with Crippen molar-refractivity contribution >= 4 is 23.2 Å². The maximum atomic E-state index is 12.9. The Hall–Kier alpha value is -3.58. The summed E-state index contributed by atoms with van der Waals surface area (Å²) in [6.07, 6.45) is 3.31. The maximum absolute atomic E-state index is 12.9. The summed E-state index contributed by atoms with van der Waals surface area (Å²) >= 11 is 6.22. The first-order valence-corrected chi connectivity index (χ1v) is 10.5. The lowest BCUT2D eigenvalue weighted by molar-refractivity contribution is 0.101. The van der Waals surface area contributed by atoms with E-state index in [1.165, 1.54) is 0 Å². The fraction of sp³-hybridized carbons (Fsp3) is 0.208. The molecule has 0 unspecified atom stereocenters. The normalized spacial score (nSPS) is 10.9. The minimum atomic E-state index is -0.390. The summed E-state index contributed by atoms with van der Waals surface area (Å²) in [4.78, 5) is 12.9. The highest BCUT2D eigenvalue weighted by Gasteiger charge is 2.21. The Bertz CT molecular complexity index is 1260. The molecule has 0 radical (unpaired) electrons. The number of hydrogen-bond donors (Lipinski definition) is 1. The van der Waals surface area contributed by atoms with Crippen LogP contribution < -0.4 is 10.1 Å². The topological polar surface area (TPSA) is 82.2 Å². The fourth-order valence-electron chi connectivity index (χ4n) is 3.28. The molecular formula is C24H23ClN4O3. The van der Waals surface area contributed by atoms with Gasteiger partial charge in [0.2, 0.25) is 0 Å². The summed E-state index contributed by atoms with van der Waals surface area (Å²) in [6.45, 7) is 6.45. The third-order valence-electron chi connectivity index (χ3n) is 5.31. The number of ether oxygens (including phenoxy) is 1. The molecule has 8 heteroatoms. The van der Waals surface area contributed by atoms with Gasteiger partial charge in [-0.2, -0.15) is 5.10 Å². The van der Waals surface area contributed by atoms with E-state index in [0.29, 0.717) is 28.6 Å². The van der Waals surface area contributed by atoms with Gasteiger partial charge in [0, 0.05) is 11.2 Å². The maximum Gasteiger partial charge on any atom is 0.278 e. The predicted molar refractivity (Wildman–Crippen MR) is 122 cm³/mol. The van der Waals surface area contributed by atoms with Crippen LogP contribution in [0, 0.1) is 20.8 Å². The van der Waals surface area contributed by atoms with E-state index in [4.69, 9.17) is 20.9 Å². The Kier molecular flexibility index (Phi) is 6.28. The third-order valence-corrected chi connectivity index (χ3v) is 5.68. The van der Waals surface area contributed by atoms with Crippen LogP contribution in [0.25, 0.3) is 0 Å². The number of anilines is 1. The van der Waals surface area contributed by atoms with Crippen molar-refractivity contribution in [3.05, 3.63) is 93.6 Å². The zero-order chi connectivity index (χ0) is 22.7. The quantitative estimate of drug-likeness (QED) is 0.411. The second-order valence-corrected chi connectivity index (χ2v) is 7.93. The van der Waals surface area contributed by atoms with Crippen molar-refractivity contribution in [1.29, 1.82) is 0 Å². The Morgan fingerprint density at radius 1 is 1.16 bits per heavy atom. The van der Waals surface area contributed by atoms with Gasteiger partial charge < -0.3 is 14.6 Å². The van der Waals surface area contributed by atoms with Gasteiger partial charge in [-0.1, -0.05) is 47.1 Å². The van der Waals surface area contributed by atoms with Crippen molar-refractivity contribution in [3.63, 3.8) is 0 Å². The molecule has 2 aromatic carbocycles. The fourth-order valence-corrected chi connectivity index (χ4v) is 3.47. The Balaban J connectivity index is 1.45. The van der Waals surface area contributed by atoms with Gasteiger partial charge in [-0.3, -0.25) is 9.48 Å². The molecular weight excluding hydrogens is 428 g/mol. The van der Waals surface area contributed by atoms with Crippen LogP contribution in [0.2, 0.25) is 5.02 Å². The van der Waals surface area contributed by atoms with Crippen LogP contribution in [0.15, 0.2) is 59.4 Å². The number of carbonyl (C=O) groups excluding carboxylic acids is 1. The minimum absolute atomic E-state index is 0.175. The molecule has 1 amide bonds. The van der Waals surface area contributed by atoms with E-state index < -0.39 is 5.91 Å². The SMILES string of the molecule is Cc1cccc(OCc2c(C(=O)Nc3cnn(Cc4ccccc4Cl)c3)noc2C)c1C. The number of halogens is 1. The molecule has 0 aliphatic rings. The standard InChI is InChI=1S/C24H23ClN4O3/c1-15-7-6-10-22(16(15)2)31-14-20-17(3)32-28-23(20)24(30)27-19-11-26-29(13-19)12-18-8-4-5-9-21(18)25/h4-11,13H,12,14H2,1-3H3,(H,27,30). The van der Waals surface area contributed by atoms with Crippen LogP contribution >= 0.6 is 11.6 Å². The number of hydrogen-bond acceptors (Lipinski definition) is 5. The molecule has 0 fully saturated rings.